The number of hydrogen-bond acceptors (Lipinski definition) is 8. The van der Waals surface area contributed by atoms with Crippen molar-refractivity contribution in [3.05, 3.63) is 29.3 Å². The normalized spacial score (nSPS) is 27.1. The Hall–Kier alpha value is -2.24. The van der Waals surface area contributed by atoms with Crippen LogP contribution >= 0.6 is 0 Å². The third-order valence-electron chi connectivity index (χ3n) is 5.78. The van der Waals surface area contributed by atoms with E-state index in [0.717, 1.165) is 11.1 Å². The minimum absolute atomic E-state index is 0.0408. The number of ether oxygens (including phenoxy) is 4. The molecule has 1 saturated heterocycles. The fourth-order valence-electron chi connectivity index (χ4n) is 4.10. The number of aliphatic hydroxyl groups excluding tert-OH is 2. The highest BCUT2D eigenvalue weighted by Crippen LogP contribution is 2.38. The number of aliphatic carboxylic acids is 1. The molecule has 6 atom stereocenters. The van der Waals surface area contributed by atoms with Crippen LogP contribution in [0.3, 0.4) is 0 Å². The standard InChI is InChI=1S/C23H35NO9/c1-12(2)15-8-7-13(3)9-17(15)32-23(22(28)29)10-18(30-5)19(24-14(4)26)21(33-23)20(31-6)16(27)11-25/h7-9,12,16,18-21,25,27H,10-11H2,1-6H3,(H,24,26)(H,28,29). The lowest BCUT2D eigenvalue weighted by Crippen LogP contribution is -2.69. The van der Waals surface area contributed by atoms with Crippen LogP contribution in [0.25, 0.3) is 0 Å². The summed E-state index contributed by atoms with van der Waals surface area (Å²) in [6.07, 6.45) is -4.93. The van der Waals surface area contributed by atoms with Gasteiger partial charge in [-0.2, -0.15) is 0 Å². The molecule has 1 heterocycles. The van der Waals surface area contributed by atoms with E-state index in [4.69, 9.17) is 18.9 Å². The number of carbonyl (C=O) groups excluding carboxylic acids is 1. The van der Waals surface area contributed by atoms with Gasteiger partial charge in [0.05, 0.1) is 25.2 Å². The fraction of sp³-hybridized carbons (Fsp3) is 0.652. The molecule has 186 valence electrons. The predicted octanol–water partition coefficient (Wildman–Crippen LogP) is 0.955. The third kappa shape index (κ3) is 6.01. The number of hydrogen-bond donors (Lipinski definition) is 4. The fourth-order valence-corrected chi connectivity index (χ4v) is 4.10. The molecule has 4 N–H and O–H groups in total. The zero-order chi connectivity index (χ0) is 24.9. The quantitative estimate of drug-likeness (QED) is 0.394. The molecule has 6 unspecified atom stereocenters. The number of carbonyl (C=O) groups is 2. The van der Waals surface area contributed by atoms with Crippen LogP contribution in [0.5, 0.6) is 5.75 Å². The molecular weight excluding hydrogens is 434 g/mol. The Morgan fingerprint density at radius 2 is 1.97 bits per heavy atom. The summed E-state index contributed by atoms with van der Waals surface area (Å²) in [6, 6.07) is 4.63. The second-order valence-corrected chi connectivity index (χ2v) is 8.59. The van der Waals surface area contributed by atoms with Crippen molar-refractivity contribution in [2.24, 2.45) is 0 Å². The zero-order valence-corrected chi connectivity index (χ0v) is 19.9. The topological polar surface area (TPSA) is 144 Å². The van der Waals surface area contributed by atoms with Crippen molar-refractivity contribution >= 4 is 11.9 Å². The molecule has 0 aliphatic carbocycles. The molecular formula is C23H35NO9. The Bertz CT molecular complexity index is 830. The molecule has 0 spiro atoms. The number of carboxylic acid groups (broad SMARTS) is 1. The van der Waals surface area contributed by atoms with Gasteiger partial charge in [0.25, 0.3) is 0 Å². The van der Waals surface area contributed by atoms with E-state index in [1.54, 1.807) is 6.07 Å². The van der Waals surface area contributed by atoms with Gasteiger partial charge in [-0.1, -0.05) is 26.0 Å². The van der Waals surface area contributed by atoms with Crippen molar-refractivity contribution in [3.63, 3.8) is 0 Å². The van der Waals surface area contributed by atoms with Crippen LogP contribution in [0.15, 0.2) is 18.2 Å². The highest BCUT2D eigenvalue weighted by molar-refractivity contribution is 5.77. The zero-order valence-electron chi connectivity index (χ0n) is 19.9. The molecule has 10 nitrogen and oxygen atoms in total. The van der Waals surface area contributed by atoms with Crippen LogP contribution in [-0.2, 0) is 23.8 Å². The Morgan fingerprint density at radius 1 is 1.30 bits per heavy atom. The highest BCUT2D eigenvalue weighted by atomic mass is 16.7. The first-order chi connectivity index (χ1) is 15.5. The van der Waals surface area contributed by atoms with Crippen molar-refractivity contribution in [1.82, 2.24) is 5.32 Å². The van der Waals surface area contributed by atoms with E-state index in [1.165, 1.54) is 21.1 Å². The maximum Gasteiger partial charge on any atom is 0.377 e. The van der Waals surface area contributed by atoms with Gasteiger partial charge in [-0.25, -0.2) is 4.79 Å². The molecule has 1 aliphatic heterocycles. The van der Waals surface area contributed by atoms with Gasteiger partial charge in [-0.05, 0) is 30.0 Å². The summed E-state index contributed by atoms with van der Waals surface area (Å²) in [6.45, 7) is 6.40. The molecule has 0 radical (unpaired) electrons. The van der Waals surface area contributed by atoms with Crippen LogP contribution in [0.2, 0.25) is 0 Å². The van der Waals surface area contributed by atoms with Gasteiger partial charge in [0.1, 0.15) is 24.1 Å². The number of rotatable bonds is 10. The van der Waals surface area contributed by atoms with Crippen molar-refractivity contribution in [3.8, 4) is 5.75 Å². The van der Waals surface area contributed by atoms with E-state index in [1.807, 2.05) is 32.9 Å². The Morgan fingerprint density at radius 3 is 2.45 bits per heavy atom. The van der Waals surface area contributed by atoms with Gasteiger partial charge in [0, 0.05) is 21.1 Å². The minimum Gasteiger partial charge on any atom is -0.476 e. The second-order valence-electron chi connectivity index (χ2n) is 8.59. The van der Waals surface area contributed by atoms with Crippen LogP contribution < -0.4 is 10.1 Å². The number of carboxylic acids is 1. The van der Waals surface area contributed by atoms with E-state index in [0.29, 0.717) is 5.75 Å². The molecule has 1 aliphatic rings. The Balaban J connectivity index is 2.60. The molecule has 0 aromatic heterocycles. The lowest BCUT2D eigenvalue weighted by molar-refractivity contribution is -0.288. The van der Waals surface area contributed by atoms with Gasteiger partial charge in [0.2, 0.25) is 5.91 Å². The lowest BCUT2D eigenvalue weighted by Gasteiger charge is -2.48. The maximum atomic E-state index is 12.6. The average molecular weight is 470 g/mol. The van der Waals surface area contributed by atoms with Crippen molar-refractivity contribution in [1.29, 1.82) is 0 Å². The number of nitrogens with one attached hydrogen (secondary N) is 1. The summed E-state index contributed by atoms with van der Waals surface area (Å²) in [4.78, 5) is 24.5. The Kier molecular flexibility index (Phi) is 9.21. The van der Waals surface area contributed by atoms with Crippen LogP contribution in [-0.4, -0.2) is 84.3 Å². The van der Waals surface area contributed by atoms with Crippen LogP contribution in [0.1, 0.15) is 44.2 Å². The monoisotopic (exact) mass is 469 g/mol. The number of amides is 1. The molecule has 1 fully saturated rings. The van der Waals surface area contributed by atoms with Gasteiger partial charge in [-0.3, -0.25) is 4.79 Å². The number of methoxy groups -OCH3 is 2. The molecule has 1 amide bonds. The van der Waals surface area contributed by atoms with Gasteiger partial charge < -0.3 is 39.6 Å². The van der Waals surface area contributed by atoms with E-state index in [9.17, 15) is 24.9 Å². The molecule has 1 aromatic carbocycles. The molecule has 10 heteroatoms. The average Bonchev–Trinajstić information content (AvgIpc) is 2.74. The van der Waals surface area contributed by atoms with Crippen LogP contribution in [0.4, 0.5) is 0 Å². The summed E-state index contributed by atoms with van der Waals surface area (Å²) >= 11 is 0. The number of aliphatic hydroxyl groups is 2. The summed E-state index contributed by atoms with van der Waals surface area (Å²) in [5, 5.41) is 32.8. The minimum atomic E-state index is -2.20. The SMILES string of the molecule is COC1CC(Oc2cc(C)ccc2C(C)C)(C(=O)O)OC(C(OC)C(O)CO)C1NC(C)=O. The second kappa shape index (κ2) is 11.3. The first-order valence-electron chi connectivity index (χ1n) is 10.8. The van der Waals surface area contributed by atoms with E-state index < -0.39 is 54.7 Å². The smallest absolute Gasteiger partial charge is 0.377 e. The number of aryl methyl sites for hydroxylation is 1. The first kappa shape index (κ1) is 27.0. The summed E-state index contributed by atoms with van der Waals surface area (Å²) in [5.74, 6) is -3.63. The number of benzene rings is 1. The third-order valence-corrected chi connectivity index (χ3v) is 5.78. The predicted molar refractivity (Wildman–Crippen MR) is 118 cm³/mol. The van der Waals surface area contributed by atoms with Crippen molar-refractivity contribution < 1.29 is 43.9 Å². The molecule has 2 rings (SSSR count). The van der Waals surface area contributed by atoms with Crippen molar-refractivity contribution in [2.75, 3.05) is 20.8 Å². The molecule has 33 heavy (non-hydrogen) atoms. The molecule has 0 saturated carbocycles. The highest BCUT2D eigenvalue weighted by Gasteiger charge is 2.57. The van der Waals surface area contributed by atoms with Gasteiger partial charge in [-0.15, -0.1) is 0 Å². The van der Waals surface area contributed by atoms with Crippen molar-refractivity contribution in [2.45, 2.75) is 76.3 Å². The van der Waals surface area contributed by atoms with E-state index >= 15 is 0 Å². The summed E-state index contributed by atoms with van der Waals surface area (Å²) < 4.78 is 23.0. The lowest BCUT2D eigenvalue weighted by atomic mass is 9.88. The van der Waals surface area contributed by atoms with E-state index in [2.05, 4.69) is 5.32 Å². The first-order valence-corrected chi connectivity index (χ1v) is 10.8. The van der Waals surface area contributed by atoms with Gasteiger partial charge in [0.15, 0.2) is 0 Å². The summed E-state index contributed by atoms with van der Waals surface area (Å²) in [5.41, 5.74) is 1.66. The molecule has 0 bridgehead atoms. The maximum absolute atomic E-state index is 12.6. The van der Waals surface area contributed by atoms with E-state index in [-0.39, 0.29) is 12.3 Å². The van der Waals surface area contributed by atoms with Gasteiger partial charge >= 0.3 is 11.8 Å². The largest absolute Gasteiger partial charge is 0.476 e. The summed E-state index contributed by atoms with van der Waals surface area (Å²) in [7, 11) is 2.67. The Labute approximate surface area is 193 Å². The molecule has 1 aromatic rings. The van der Waals surface area contributed by atoms with Crippen LogP contribution in [0, 0.1) is 6.92 Å².